The summed E-state index contributed by atoms with van der Waals surface area (Å²) in [6.45, 7) is 1.96. The summed E-state index contributed by atoms with van der Waals surface area (Å²) in [5.74, 6) is -0.307. The first-order valence-corrected chi connectivity index (χ1v) is 13.2. The van der Waals surface area contributed by atoms with Crippen LogP contribution in [0, 0.1) is 17.0 Å². The van der Waals surface area contributed by atoms with Crippen LogP contribution in [0.2, 0.25) is 0 Å². The molecule has 3 N–H and O–H groups in total. The second-order valence-electron chi connectivity index (χ2n) is 10.1. The quantitative estimate of drug-likeness (QED) is 0.213. The highest BCUT2D eigenvalue weighted by Gasteiger charge is 2.41. The fourth-order valence-corrected chi connectivity index (χ4v) is 4.43. The molecule has 0 saturated carbocycles. The number of ether oxygens (including phenoxy) is 2. The van der Waals surface area contributed by atoms with E-state index in [1.165, 1.54) is 24.3 Å². The molecule has 2 aromatic heterocycles. The van der Waals surface area contributed by atoms with Gasteiger partial charge in [-0.1, -0.05) is 18.2 Å². The number of nitrogens with zero attached hydrogens (tertiary/aromatic N) is 3. The molecular weight excluding hydrogens is 542 g/mol. The van der Waals surface area contributed by atoms with E-state index in [0.717, 1.165) is 0 Å². The number of benzene rings is 3. The molecule has 1 aliphatic rings. The predicted molar refractivity (Wildman–Crippen MR) is 153 cm³/mol. The molecule has 0 bridgehead atoms. The zero-order valence-electron chi connectivity index (χ0n) is 22.5. The maximum atomic E-state index is 13.7. The summed E-state index contributed by atoms with van der Waals surface area (Å²) in [4.78, 5) is 29.9. The number of H-pyrrole nitrogens is 1. The van der Waals surface area contributed by atoms with E-state index in [1.807, 2.05) is 30.3 Å². The van der Waals surface area contributed by atoms with Crippen molar-refractivity contribution >= 4 is 23.2 Å². The van der Waals surface area contributed by atoms with Crippen LogP contribution in [0.5, 0.6) is 0 Å². The van der Waals surface area contributed by atoms with E-state index in [-0.39, 0.29) is 36.7 Å². The number of nitrogens with one attached hydrogen (secondary N) is 3. The minimum atomic E-state index is -0.921. The van der Waals surface area contributed by atoms with Crippen molar-refractivity contribution in [2.45, 2.75) is 13.2 Å². The number of para-hydroxylation sites is 1. The van der Waals surface area contributed by atoms with Crippen LogP contribution in [0.25, 0.3) is 22.6 Å². The van der Waals surface area contributed by atoms with Gasteiger partial charge in [0.15, 0.2) is 5.82 Å². The van der Waals surface area contributed by atoms with E-state index in [9.17, 15) is 13.6 Å². The molecule has 3 heterocycles. The summed E-state index contributed by atoms with van der Waals surface area (Å²) in [5, 5.41) is 5.96. The van der Waals surface area contributed by atoms with Gasteiger partial charge in [-0.3, -0.25) is 4.79 Å². The zero-order chi connectivity index (χ0) is 29.1. The number of hydrogen-bond acceptors (Lipinski definition) is 7. The van der Waals surface area contributed by atoms with Gasteiger partial charge in [0.25, 0.3) is 0 Å². The van der Waals surface area contributed by atoms with Crippen molar-refractivity contribution in [2.24, 2.45) is 5.41 Å². The van der Waals surface area contributed by atoms with E-state index < -0.39 is 11.7 Å². The number of amides is 1. The Bertz CT molecular complexity index is 1690. The molecule has 9 nitrogen and oxygen atoms in total. The first kappa shape index (κ1) is 27.2. The van der Waals surface area contributed by atoms with E-state index in [0.29, 0.717) is 39.8 Å². The molecule has 1 saturated heterocycles. The predicted octanol–water partition coefficient (Wildman–Crippen LogP) is 6.25. The Balaban J connectivity index is 1.26. The lowest BCUT2D eigenvalue weighted by molar-refractivity contribution is -0.229. The van der Waals surface area contributed by atoms with E-state index in [4.69, 9.17) is 14.5 Å². The summed E-state index contributed by atoms with van der Waals surface area (Å²) >= 11 is 0. The summed E-state index contributed by atoms with van der Waals surface area (Å²) in [5.41, 5.74) is 2.54. The molecule has 6 rings (SSSR count). The van der Waals surface area contributed by atoms with Crippen LogP contribution < -0.4 is 10.6 Å². The van der Waals surface area contributed by atoms with Crippen LogP contribution >= 0.6 is 0 Å². The lowest BCUT2D eigenvalue weighted by Crippen LogP contribution is -2.45. The molecule has 1 fully saturated rings. The van der Waals surface area contributed by atoms with Gasteiger partial charge in [0.2, 0.25) is 18.1 Å². The van der Waals surface area contributed by atoms with Crippen LogP contribution in [0.4, 0.5) is 26.1 Å². The third kappa shape index (κ3) is 5.87. The third-order valence-corrected chi connectivity index (χ3v) is 6.76. The van der Waals surface area contributed by atoms with Crippen molar-refractivity contribution in [3.63, 3.8) is 0 Å². The summed E-state index contributed by atoms with van der Waals surface area (Å²) in [6, 6.07) is 22.6. The van der Waals surface area contributed by atoms with Crippen molar-refractivity contribution < 1.29 is 23.0 Å². The Hall–Kier alpha value is -5.00. The van der Waals surface area contributed by atoms with Crippen LogP contribution in [-0.2, 0) is 14.3 Å². The Morgan fingerprint density at radius 3 is 2.24 bits per heavy atom. The molecule has 3 aromatic carbocycles. The number of carbonyl (C=O) groups excluding carboxylic acids is 1. The summed E-state index contributed by atoms with van der Waals surface area (Å²) in [6.07, 6.45) is 0.697. The van der Waals surface area contributed by atoms with E-state index in [2.05, 4.69) is 25.6 Å². The van der Waals surface area contributed by atoms with Gasteiger partial charge in [0.1, 0.15) is 11.6 Å². The third-order valence-electron chi connectivity index (χ3n) is 6.76. The molecule has 0 unspecified atom stereocenters. The average molecular weight is 569 g/mol. The fraction of sp³-hybridized carbons (Fsp3) is 0.161. The number of aromatic nitrogens is 4. The molecule has 1 amide bonds. The highest BCUT2D eigenvalue weighted by atomic mass is 19.1. The van der Waals surface area contributed by atoms with Gasteiger partial charge in [-0.2, -0.15) is 0 Å². The molecule has 0 atom stereocenters. The number of imidazole rings is 1. The smallest absolute Gasteiger partial charge is 0.234 e. The van der Waals surface area contributed by atoms with E-state index in [1.54, 1.807) is 43.5 Å². The molecule has 11 heteroatoms. The Morgan fingerprint density at radius 2 is 1.55 bits per heavy atom. The molecule has 5 aromatic rings. The van der Waals surface area contributed by atoms with Crippen LogP contribution in [-0.4, -0.2) is 39.1 Å². The number of hydrogen-bond donors (Lipinski definition) is 3. The summed E-state index contributed by atoms with van der Waals surface area (Å²) in [7, 11) is 0. The Morgan fingerprint density at radius 1 is 0.881 bits per heavy atom. The highest BCUT2D eigenvalue weighted by Crippen LogP contribution is 2.36. The SMILES string of the molecule is CC1(C(=O)Nc2ccccc2)COC(c2nc(-c3ccc(F)cc3)c(-c3ccnc(Nc4ccc(F)cc4)n3)[nH]2)OC1. The van der Waals surface area contributed by atoms with Crippen LogP contribution in [0.1, 0.15) is 19.0 Å². The number of halogens is 2. The normalized spacial score (nSPS) is 18.4. The molecule has 0 aliphatic carbocycles. The van der Waals surface area contributed by atoms with Gasteiger partial charge in [0.05, 0.1) is 35.7 Å². The minimum absolute atomic E-state index is 0.0947. The van der Waals surface area contributed by atoms with Crippen molar-refractivity contribution in [1.82, 2.24) is 19.9 Å². The van der Waals surface area contributed by atoms with Gasteiger partial charge in [-0.05, 0) is 73.7 Å². The standard InChI is InChI=1S/C31H26F2N6O3/c1-31(29(40)35-22-5-3-2-4-6-22)17-41-28(42-18-31)27-38-25(19-7-9-20(32)10-8-19)26(39-27)24-15-16-34-30(37-24)36-23-13-11-21(33)12-14-23/h2-16,28H,17-18H2,1H3,(H,35,40)(H,38,39)(H,34,36,37). The lowest BCUT2D eigenvalue weighted by atomic mass is 9.91. The topological polar surface area (TPSA) is 114 Å². The fourth-order valence-electron chi connectivity index (χ4n) is 4.43. The Labute approximate surface area is 240 Å². The van der Waals surface area contributed by atoms with Crippen molar-refractivity contribution in [3.05, 3.63) is 109 Å². The monoisotopic (exact) mass is 568 g/mol. The van der Waals surface area contributed by atoms with Gasteiger partial charge in [0, 0.05) is 23.1 Å². The lowest BCUT2D eigenvalue weighted by Gasteiger charge is -2.35. The maximum absolute atomic E-state index is 13.7. The maximum Gasteiger partial charge on any atom is 0.234 e. The van der Waals surface area contributed by atoms with Crippen LogP contribution in [0.3, 0.4) is 0 Å². The van der Waals surface area contributed by atoms with E-state index >= 15 is 0 Å². The van der Waals surface area contributed by atoms with Gasteiger partial charge < -0.3 is 25.1 Å². The number of aromatic amines is 1. The molecular formula is C31H26F2N6O3. The second-order valence-corrected chi connectivity index (χ2v) is 10.1. The van der Waals surface area contributed by atoms with Gasteiger partial charge >= 0.3 is 0 Å². The zero-order valence-corrected chi connectivity index (χ0v) is 22.5. The highest BCUT2D eigenvalue weighted by molar-refractivity contribution is 5.95. The first-order chi connectivity index (χ1) is 20.4. The number of rotatable bonds is 7. The molecule has 42 heavy (non-hydrogen) atoms. The largest absolute Gasteiger partial charge is 0.345 e. The van der Waals surface area contributed by atoms with Gasteiger partial charge in [-0.25, -0.2) is 23.7 Å². The molecule has 0 spiro atoms. The first-order valence-electron chi connectivity index (χ1n) is 13.2. The van der Waals surface area contributed by atoms with Gasteiger partial charge in [-0.15, -0.1) is 0 Å². The van der Waals surface area contributed by atoms with Crippen molar-refractivity contribution in [2.75, 3.05) is 23.8 Å². The van der Waals surface area contributed by atoms with Crippen molar-refractivity contribution in [3.8, 4) is 22.6 Å². The summed E-state index contributed by atoms with van der Waals surface area (Å²) < 4.78 is 39.1. The second kappa shape index (κ2) is 11.5. The van der Waals surface area contributed by atoms with Crippen molar-refractivity contribution in [1.29, 1.82) is 0 Å². The number of anilines is 3. The molecule has 212 valence electrons. The van der Waals surface area contributed by atoms with Crippen LogP contribution in [0.15, 0.2) is 91.1 Å². The Kier molecular flexibility index (Phi) is 7.43. The molecule has 1 aliphatic heterocycles. The average Bonchev–Trinajstić information content (AvgIpc) is 3.45. The molecule has 0 radical (unpaired) electrons. The minimum Gasteiger partial charge on any atom is -0.345 e. The number of carbonyl (C=O) groups is 1.